The summed E-state index contributed by atoms with van der Waals surface area (Å²) < 4.78 is 0. The van der Waals surface area contributed by atoms with Crippen LogP contribution in [0.1, 0.15) is 6.92 Å². The molecule has 76 valence electrons. The smallest absolute Gasteiger partial charge is 0.311 e. The first-order chi connectivity index (χ1) is 6.65. The van der Waals surface area contributed by atoms with Gasteiger partial charge in [-0.25, -0.2) is 4.98 Å². The van der Waals surface area contributed by atoms with E-state index in [9.17, 15) is 10.1 Å². The number of anilines is 1. The fourth-order valence-corrected chi connectivity index (χ4v) is 0.934. The van der Waals surface area contributed by atoms with Gasteiger partial charge in [-0.15, -0.1) is 0 Å². The van der Waals surface area contributed by atoms with E-state index < -0.39 is 4.92 Å². The van der Waals surface area contributed by atoms with Gasteiger partial charge in [0, 0.05) is 18.3 Å². The monoisotopic (exact) mass is 197 g/mol. The van der Waals surface area contributed by atoms with Gasteiger partial charge in [0.25, 0.3) is 0 Å². The van der Waals surface area contributed by atoms with E-state index in [2.05, 4.69) is 10.3 Å². The zero-order valence-electron chi connectivity index (χ0n) is 7.67. The van der Waals surface area contributed by atoms with Gasteiger partial charge in [-0.3, -0.25) is 10.1 Å². The third-order valence-corrected chi connectivity index (χ3v) is 1.64. The lowest BCUT2D eigenvalue weighted by Gasteiger charge is -2.10. The van der Waals surface area contributed by atoms with Crippen LogP contribution in [-0.2, 0) is 0 Å². The first-order valence-corrected chi connectivity index (χ1v) is 4.12. The van der Waals surface area contributed by atoms with Crippen molar-refractivity contribution in [2.45, 2.75) is 13.0 Å². The number of hydrogen-bond acceptors (Lipinski definition) is 5. The highest BCUT2D eigenvalue weighted by atomic mass is 16.6. The van der Waals surface area contributed by atoms with Crippen molar-refractivity contribution in [1.82, 2.24) is 4.98 Å². The van der Waals surface area contributed by atoms with Crippen LogP contribution in [0, 0.1) is 10.1 Å². The number of nitro groups is 1. The molecule has 0 fully saturated rings. The lowest BCUT2D eigenvalue weighted by atomic mass is 10.3. The van der Waals surface area contributed by atoms with Crippen molar-refractivity contribution in [3.8, 4) is 0 Å². The van der Waals surface area contributed by atoms with Crippen LogP contribution in [0.15, 0.2) is 18.3 Å². The molecule has 14 heavy (non-hydrogen) atoms. The van der Waals surface area contributed by atoms with E-state index in [0.29, 0.717) is 0 Å². The van der Waals surface area contributed by atoms with Gasteiger partial charge in [0.1, 0.15) is 0 Å². The number of aromatic nitrogens is 1. The SMILES string of the molecule is C[C@@H](CO)Nc1ncccc1[N+](=O)[O-]. The number of aliphatic hydroxyl groups is 1. The summed E-state index contributed by atoms with van der Waals surface area (Å²) in [6.45, 7) is 1.60. The van der Waals surface area contributed by atoms with Crippen LogP contribution in [0.4, 0.5) is 11.5 Å². The number of pyridine rings is 1. The summed E-state index contributed by atoms with van der Waals surface area (Å²) in [5.74, 6) is 0.180. The van der Waals surface area contributed by atoms with Crippen molar-refractivity contribution in [3.63, 3.8) is 0 Å². The number of nitrogens with one attached hydrogen (secondary N) is 1. The van der Waals surface area contributed by atoms with Gasteiger partial charge in [0.05, 0.1) is 11.5 Å². The molecule has 6 heteroatoms. The average molecular weight is 197 g/mol. The molecule has 0 saturated carbocycles. The van der Waals surface area contributed by atoms with Crippen molar-refractivity contribution in [1.29, 1.82) is 0 Å². The van der Waals surface area contributed by atoms with Crippen LogP contribution in [0.2, 0.25) is 0 Å². The Morgan fingerprint density at radius 3 is 3.07 bits per heavy atom. The molecule has 1 aromatic rings. The minimum Gasteiger partial charge on any atom is -0.394 e. The Morgan fingerprint density at radius 1 is 1.79 bits per heavy atom. The Hall–Kier alpha value is -1.69. The van der Waals surface area contributed by atoms with Crippen LogP contribution < -0.4 is 5.32 Å². The van der Waals surface area contributed by atoms with Crippen molar-refractivity contribution in [3.05, 3.63) is 28.4 Å². The summed E-state index contributed by atoms with van der Waals surface area (Å²) in [7, 11) is 0. The lowest BCUT2D eigenvalue weighted by Crippen LogP contribution is -2.20. The zero-order valence-corrected chi connectivity index (χ0v) is 7.67. The fraction of sp³-hybridized carbons (Fsp3) is 0.375. The molecule has 0 radical (unpaired) electrons. The van der Waals surface area contributed by atoms with Gasteiger partial charge in [0.15, 0.2) is 0 Å². The van der Waals surface area contributed by atoms with Crippen LogP contribution in [0.5, 0.6) is 0 Å². The van der Waals surface area contributed by atoms with E-state index in [-0.39, 0.29) is 24.2 Å². The maximum atomic E-state index is 10.6. The normalized spacial score (nSPS) is 12.1. The predicted molar refractivity (Wildman–Crippen MR) is 51.1 cm³/mol. The maximum absolute atomic E-state index is 10.6. The summed E-state index contributed by atoms with van der Waals surface area (Å²) in [6.07, 6.45) is 1.46. The van der Waals surface area contributed by atoms with Gasteiger partial charge in [-0.2, -0.15) is 0 Å². The van der Waals surface area contributed by atoms with Crippen LogP contribution in [0.3, 0.4) is 0 Å². The quantitative estimate of drug-likeness (QED) is 0.550. The largest absolute Gasteiger partial charge is 0.394 e. The zero-order chi connectivity index (χ0) is 10.6. The molecule has 0 aliphatic rings. The molecule has 1 aromatic heterocycles. The molecule has 0 unspecified atom stereocenters. The third-order valence-electron chi connectivity index (χ3n) is 1.64. The second-order valence-corrected chi connectivity index (χ2v) is 2.86. The Labute approximate surface area is 80.7 Å². The van der Waals surface area contributed by atoms with Crippen molar-refractivity contribution in [2.24, 2.45) is 0 Å². The summed E-state index contributed by atoms with van der Waals surface area (Å²) in [5, 5.41) is 22.1. The predicted octanol–water partition coefficient (Wildman–Crippen LogP) is 0.782. The molecule has 0 aromatic carbocycles. The standard InChI is InChI=1S/C8H11N3O3/c1-6(5-12)10-8-7(11(13)14)3-2-4-9-8/h2-4,6,12H,5H2,1H3,(H,9,10)/t6-/m0/s1. The second kappa shape index (κ2) is 4.52. The number of rotatable bonds is 4. The molecule has 6 nitrogen and oxygen atoms in total. The molecule has 0 bridgehead atoms. The minimum atomic E-state index is -0.514. The Balaban J connectivity index is 2.90. The molecule has 1 atom stereocenters. The lowest BCUT2D eigenvalue weighted by molar-refractivity contribution is -0.384. The summed E-state index contributed by atoms with van der Waals surface area (Å²) >= 11 is 0. The molecular weight excluding hydrogens is 186 g/mol. The Bertz CT molecular complexity index is 329. The minimum absolute atomic E-state index is 0.0900. The number of aliphatic hydroxyl groups excluding tert-OH is 1. The average Bonchev–Trinajstić information content (AvgIpc) is 2.18. The highest BCUT2D eigenvalue weighted by Gasteiger charge is 2.14. The first kappa shape index (κ1) is 10.4. The number of nitrogens with zero attached hydrogens (tertiary/aromatic N) is 2. The van der Waals surface area contributed by atoms with E-state index in [4.69, 9.17) is 5.11 Å². The maximum Gasteiger partial charge on any atom is 0.311 e. The van der Waals surface area contributed by atoms with E-state index >= 15 is 0 Å². The summed E-state index contributed by atoms with van der Waals surface area (Å²) in [4.78, 5) is 13.9. The molecule has 2 N–H and O–H groups in total. The summed E-state index contributed by atoms with van der Waals surface area (Å²) in [6, 6.07) is 2.59. The molecule has 0 amide bonds. The van der Waals surface area contributed by atoms with Crippen molar-refractivity contribution >= 4 is 11.5 Å². The van der Waals surface area contributed by atoms with Crippen LogP contribution in [0.25, 0.3) is 0 Å². The van der Waals surface area contributed by atoms with Gasteiger partial charge >= 0.3 is 5.69 Å². The van der Waals surface area contributed by atoms with E-state index in [1.165, 1.54) is 18.3 Å². The Kier molecular flexibility index (Phi) is 3.35. The molecular formula is C8H11N3O3. The number of hydrogen-bond donors (Lipinski definition) is 2. The van der Waals surface area contributed by atoms with Crippen molar-refractivity contribution in [2.75, 3.05) is 11.9 Å². The van der Waals surface area contributed by atoms with Gasteiger partial charge in [-0.05, 0) is 13.0 Å². The summed E-state index contributed by atoms with van der Waals surface area (Å²) in [5.41, 5.74) is -0.0900. The first-order valence-electron chi connectivity index (χ1n) is 4.12. The second-order valence-electron chi connectivity index (χ2n) is 2.86. The molecule has 1 rings (SSSR count). The highest BCUT2D eigenvalue weighted by Crippen LogP contribution is 2.20. The molecule has 0 aliphatic carbocycles. The van der Waals surface area contributed by atoms with E-state index in [1.54, 1.807) is 6.92 Å². The Morgan fingerprint density at radius 2 is 2.50 bits per heavy atom. The molecule has 1 heterocycles. The molecule has 0 aliphatic heterocycles. The molecule has 0 spiro atoms. The third kappa shape index (κ3) is 2.40. The van der Waals surface area contributed by atoms with Crippen LogP contribution in [-0.4, -0.2) is 27.7 Å². The van der Waals surface area contributed by atoms with Gasteiger partial charge < -0.3 is 10.4 Å². The topological polar surface area (TPSA) is 88.3 Å². The highest BCUT2D eigenvalue weighted by molar-refractivity contribution is 5.55. The fourth-order valence-electron chi connectivity index (χ4n) is 0.934. The van der Waals surface area contributed by atoms with E-state index in [1.807, 2.05) is 0 Å². The molecule has 0 saturated heterocycles. The van der Waals surface area contributed by atoms with Gasteiger partial charge in [-0.1, -0.05) is 0 Å². The van der Waals surface area contributed by atoms with Crippen molar-refractivity contribution < 1.29 is 10.0 Å². The van der Waals surface area contributed by atoms with Gasteiger partial charge in [0.2, 0.25) is 5.82 Å². The van der Waals surface area contributed by atoms with E-state index in [0.717, 1.165) is 0 Å². The van der Waals surface area contributed by atoms with Crippen LogP contribution >= 0.6 is 0 Å².